The lowest BCUT2D eigenvalue weighted by atomic mass is 9.98. The van der Waals surface area contributed by atoms with Crippen molar-refractivity contribution in [2.45, 2.75) is 31.8 Å². The van der Waals surface area contributed by atoms with Crippen LogP contribution in [0.25, 0.3) is 0 Å². The topological polar surface area (TPSA) is 52.6 Å². The van der Waals surface area contributed by atoms with Crippen molar-refractivity contribution in [2.24, 2.45) is 0 Å². The second-order valence-corrected chi connectivity index (χ2v) is 4.49. The number of amides is 1. The molecular weight excluding hydrogens is 192 g/mol. The highest BCUT2D eigenvalue weighted by molar-refractivity contribution is 5.83. The Morgan fingerprint density at radius 1 is 1.73 bits per heavy atom. The van der Waals surface area contributed by atoms with Crippen LogP contribution < -0.4 is 5.32 Å². The fourth-order valence-electron chi connectivity index (χ4n) is 1.87. The summed E-state index contributed by atoms with van der Waals surface area (Å²) in [6.07, 6.45) is 2.60. The van der Waals surface area contributed by atoms with E-state index in [-0.39, 0.29) is 18.1 Å². The molecule has 86 valence electrons. The number of aliphatic hydroxyl groups is 1. The minimum absolute atomic E-state index is 0.0418. The van der Waals surface area contributed by atoms with Crippen LogP contribution in [-0.4, -0.2) is 47.2 Å². The summed E-state index contributed by atoms with van der Waals surface area (Å²) in [7, 11) is 0. The Kier molecular flexibility index (Phi) is 3.88. The number of nitrogens with one attached hydrogen (secondary N) is 1. The van der Waals surface area contributed by atoms with Gasteiger partial charge in [-0.15, -0.1) is 6.58 Å². The maximum atomic E-state index is 12.0. The molecule has 2 N–H and O–H groups in total. The number of carbonyl (C=O) groups excluding carboxylic acids is 1. The zero-order chi connectivity index (χ0) is 11.5. The van der Waals surface area contributed by atoms with Crippen LogP contribution in [0, 0.1) is 0 Å². The third kappa shape index (κ3) is 2.58. The van der Waals surface area contributed by atoms with Crippen molar-refractivity contribution in [2.75, 3.05) is 19.7 Å². The monoisotopic (exact) mass is 212 g/mol. The molecule has 0 aliphatic carbocycles. The Hall–Kier alpha value is -0.870. The molecule has 0 bridgehead atoms. The lowest BCUT2D eigenvalue weighted by molar-refractivity contribution is -0.137. The molecule has 0 saturated carbocycles. The molecular formula is C11H20N2O2. The highest BCUT2D eigenvalue weighted by atomic mass is 16.3. The summed E-state index contributed by atoms with van der Waals surface area (Å²) in [4.78, 5) is 13.8. The van der Waals surface area contributed by atoms with Crippen molar-refractivity contribution < 1.29 is 9.90 Å². The van der Waals surface area contributed by atoms with Gasteiger partial charge in [-0.1, -0.05) is 6.08 Å². The smallest absolute Gasteiger partial charge is 0.242 e. The van der Waals surface area contributed by atoms with Gasteiger partial charge in [0.15, 0.2) is 0 Å². The van der Waals surface area contributed by atoms with Crippen LogP contribution in [0.4, 0.5) is 0 Å². The highest BCUT2D eigenvalue weighted by Gasteiger charge is 2.36. The predicted molar refractivity (Wildman–Crippen MR) is 59.5 cm³/mol. The third-order valence-corrected chi connectivity index (χ3v) is 2.92. The Morgan fingerprint density at radius 3 is 2.93 bits per heavy atom. The van der Waals surface area contributed by atoms with E-state index in [2.05, 4.69) is 11.9 Å². The molecule has 0 aromatic carbocycles. The van der Waals surface area contributed by atoms with Gasteiger partial charge in [0, 0.05) is 12.1 Å². The van der Waals surface area contributed by atoms with Crippen LogP contribution in [0.2, 0.25) is 0 Å². The number of aliphatic hydroxyl groups excluding tert-OH is 1. The summed E-state index contributed by atoms with van der Waals surface area (Å²) in [5.74, 6) is -0.0418. The van der Waals surface area contributed by atoms with E-state index in [1.165, 1.54) is 0 Å². The molecule has 1 aliphatic heterocycles. The molecule has 1 fully saturated rings. The quantitative estimate of drug-likeness (QED) is 0.654. The Labute approximate surface area is 91.0 Å². The summed E-state index contributed by atoms with van der Waals surface area (Å²) in [5.41, 5.74) is -0.178. The molecule has 4 heteroatoms. The molecule has 0 aromatic rings. The molecule has 4 nitrogen and oxygen atoms in total. The van der Waals surface area contributed by atoms with E-state index in [1.54, 1.807) is 11.0 Å². The normalized spacial score (nSPS) is 26.2. The van der Waals surface area contributed by atoms with Gasteiger partial charge >= 0.3 is 0 Å². The molecule has 0 radical (unpaired) electrons. The van der Waals surface area contributed by atoms with Crippen molar-refractivity contribution in [3.8, 4) is 0 Å². The van der Waals surface area contributed by atoms with Crippen LogP contribution in [0.5, 0.6) is 0 Å². The van der Waals surface area contributed by atoms with Crippen LogP contribution >= 0.6 is 0 Å². The van der Waals surface area contributed by atoms with Crippen molar-refractivity contribution in [1.29, 1.82) is 0 Å². The minimum atomic E-state index is -0.466. The zero-order valence-electron chi connectivity index (χ0n) is 9.49. The molecule has 0 aromatic heterocycles. The zero-order valence-corrected chi connectivity index (χ0v) is 9.49. The van der Waals surface area contributed by atoms with E-state index >= 15 is 0 Å². The Balaban J connectivity index is 2.89. The van der Waals surface area contributed by atoms with E-state index in [9.17, 15) is 4.79 Å². The first-order valence-corrected chi connectivity index (χ1v) is 5.29. The van der Waals surface area contributed by atoms with Gasteiger partial charge in [0.25, 0.3) is 0 Å². The fraction of sp³-hybridized carbons (Fsp3) is 0.727. The highest BCUT2D eigenvalue weighted by Crippen LogP contribution is 2.21. The standard InChI is InChI=1S/C11H20N2O2/c1-4-7-13-10(15)9(8-14)12-6-5-11(13,2)3/h4,9,12,14H,1,5-8H2,2-3H3. The first kappa shape index (κ1) is 12.2. The van der Waals surface area contributed by atoms with Crippen molar-refractivity contribution >= 4 is 5.91 Å². The number of carbonyl (C=O) groups is 1. The van der Waals surface area contributed by atoms with E-state index in [0.29, 0.717) is 6.54 Å². The molecule has 1 saturated heterocycles. The summed E-state index contributed by atoms with van der Waals surface area (Å²) in [6, 6.07) is -0.466. The second-order valence-electron chi connectivity index (χ2n) is 4.49. The lowest BCUT2D eigenvalue weighted by Crippen LogP contribution is -2.52. The van der Waals surface area contributed by atoms with E-state index in [1.807, 2.05) is 13.8 Å². The Bertz CT molecular complexity index is 251. The van der Waals surface area contributed by atoms with Gasteiger partial charge in [-0.2, -0.15) is 0 Å². The van der Waals surface area contributed by atoms with Crippen LogP contribution in [0.15, 0.2) is 12.7 Å². The largest absolute Gasteiger partial charge is 0.394 e. The first-order chi connectivity index (χ1) is 7.03. The average molecular weight is 212 g/mol. The number of rotatable bonds is 3. The van der Waals surface area contributed by atoms with Crippen molar-refractivity contribution in [1.82, 2.24) is 10.2 Å². The van der Waals surface area contributed by atoms with E-state index < -0.39 is 6.04 Å². The van der Waals surface area contributed by atoms with Crippen LogP contribution in [0.1, 0.15) is 20.3 Å². The molecule has 0 spiro atoms. The van der Waals surface area contributed by atoms with Gasteiger partial charge in [0.2, 0.25) is 5.91 Å². The fourth-order valence-corrected chi connectivity index (χ4v) is 1.87. The first-order valence-electron chi connectivity index (χ1n) is 5.29. The lowest BCUT2D eigenvalue weighted by Gasteiger charge is -2.37. The van der Waals surface area contributed by atoms with Gasteiger partial charge in [0.05, 0.1) is 6.61 Å². The van der Waals surface area contributed by atoms with Gasteiger partial charge in [-0.25, -0.2) is 0 Å². The number of hydrogen-bond acceptors (Lipinski definition) is 3. The molecule has 1 aliphatic rings. The van der Waals surface area contributed by atoms with Gasteiger partial charge in [-0.3, -0.25) is 4.79 Å². The molecule has 1 heterocycles. The maximum absolute atomic E-state index is 12.0. The summed E-state index contributed by atoms with van der Waals surface area (Å²) >= 11 is 0. The van der Waals surface area contributed by atoms with Crippen molar-refractivity contribution in [3.05, 3.63) is 12.7 Å². The van der Waals surface area contributed by atoms with Crippen LogP contribution in [-0.2, 0) is 4.79 Å². The van der Waals surface area contributed by atoms with E-state index in [0.717, 1.165) is 13.0 Å². The molecule has 15 heavy (non-hydrogen) atoms. The average Bonchev–Trinajstić information content (AvgIpc) is 2.28. The summed E-state index contributed by atoms with van der Waals surface area (Å²) < 4.78 is 0. The molecule has 1 amide bonds. The molecule has 1 atom stereocenters. The van der Waals surface area contributed by atoms with E-state index in [4.69, 9.17) is 5.11 Å². The predicted octanol–water partition coefficient (Wildman–Crippen LogP) is 0.134. The van der Waals surface area contributed by atoms with Crippen molar-refractivity contribution in [3.63, 3.8) is 0 Å². The summed E-state index contributed by atoms with van der Waals surface area (Å²) in [5, 5.41) is 12.2. The Morgan fingerprint density at radius 2 is 2.40 bits per heavy atom. The third-order valence-electron chi connectivity index (χ3n) is 2.92. The van der Waals surface area contributed by atoms with Gasteiger partial charge in [0.1, 0.15) is 6.04 Å². The number of nitrogens with zero attached hydrogens (tertiary/aromatic N) is 1. The number of hydrogen-bond donors (Lipinski definition) is 2. The molecule has 1 unspecified atom stereocenters. The molecule has 1 rings (SSSR count). The minimum Gasteiger partial charge on any atom is -0.394 e. The van der Waals surface area contributed by atoms with Gasteiger partial charge in [-0.05, 0) is 26.8 Å². The van der Waals surface area contributed by atoms with Crippen LogP contribution in [0.3, 0.4) is 0 Å². The van der Waals surface area contributed by atoms with Gasteiger partial charge < -0.3 is 15.3 Å². The maximum Gasteiger partial charge on any atom is 0.242 e. The summed E-state index contributed by atoms with van der Waals surface area (Å²) in [6.45, 7) is 8.86. The second kappa shape index (κ2) is 4.77. The SMILES string of the molecule is C=CCN1C(=O)C(CO)NCCC1(C)C.